The van der Waals surface area contributed by atoms with Crippen LogP contribution >= 0.6 is 0 Å². The highest BCUT2D eigenvalue weighted by molar-refractivity contribution is 6.00. The van der Waals surface area contributed by atoms with Crippen LogP contribution < -0.4 is 9.64 Å². The van der Waals surface area contributed by atoms with Gasteiger partial charge in [0.05, 0.1) is 12.3 Å². The molecule has 2 N–H and O–H groups in total. The van der Waals surface area contributed by atoms with Gasteiger partial charge in [-0.05, 0) is 29.7 Å². The maximum absolute atomic E-state index is 12.8. The van der Waals surface area contributed by atoms with Gasteiger partial charge in [0.25, 0.3) is 5.91 Å². The molecular formula is C19H21NO4. The number of aliphatic hydroxyl groups excluding tert-OH is 1. The molecule has 1 aliphatic heterocycles. The molecule has 3 rings (SSSR count). The van der Waals surface area contributed by atoms with Crippen LogP contribution in [-0.4, -0.2) is 35.4 Å². The van der Waals surface area contributed by atoms with Gasteiger partial charge in [-0.15, -0.1) is 0 Å². The summed E-state index contributed by atoms with van der Waals surface area (Å²) in [5.74, 6) is 0.370. The number of β-amino-alcohol motifs (C(OH)–C–C–N with tert-alkyl or cyclic N) is 1. The fraction of sp³-hybridized carbons (Fsp3) is 0.316. The maximum atomic E-state index is 12.8. The number of aromatic hydroxyl groups is 1. The van der Waals surface area contributed by atoms with Gasteiger partial charge in [0.15, 0.2) is 6.10 Å². The smallest absolute Gasteiger partial charge is 0.268 e. The Morgan fingerprint density at radius 1 is 1.17 bits per heavy atom. The van der Waals surface area contributed by atoms with Gasteiger partial charge >= 0.3 is 0 Å². The van der Waals surface area contributed by atoms with Gasteiger partial charge < -0.3 is 19.8 Å². The van der Waals surface area contributed by atoms with E-state index in [0.717, 1.165) is 12.0 Å². The van der Waals surface area contributed by atoms with Crippen LogP contribution in [0.15, 0.2) is 42.5 Å². The maximum Gasteiger partial charge on any atom is 0.268 e. The van der Waals surface area contributed by atoms with Crippen molar-refractivity contribution in [2.75, 3.05) is 18.1 Å². The van der Waals surface area contributed by atoms with Gasteiger partial charge in [0, 0.05) is 19.0 Å². The molecule has 2 aromatic carbocycles. The van der Waals surface area contributed by atoms with Gasteiger partial charge in [0.2, 0.25) is 0 Å². The monoisotopic (exact) mass is 327 g/mol. The molecule has 0 saturated carbocycles. The minimum absolute atomic E-state index is 0.0831. The second-order valence-corrected chi connectivity index (χ2v) is 5.80. The standard InChI is InChI=1S/C19H21NO4/c1-2-13-5-3-4-6-14(13)11-18-19(23)20(9-10-21)16-8-7-15(22)12-17(16)24-18/h3-8,12,18,21-22H,2,9-11H2,1H3. The number of amides is 1. The average Bonchev–Trinajstić information content (AvgIpc) is 2.59. The number of carbonyl (C=O) groups excluding carboxylic acids is 1. The first-order valence-electron chi connectivity index (χ1n) is 8.12. The second-order valence-electron chi connectivity index (χ2n) is 5.80. The minimum atomic E-state index is -0.668. The van der Waals surface area contributed by atoms with Crippen LogP contribution in [0.25, 0.3) is 0 Å². The zero-order valence-electron chi connectivity index (χ0n) is 13.6. The minimum Gasteiger partial charge on any atom is -0.508 e. The average molecular weight is 327 g/mol. The summed E-state index contributed by atoms with van der Waals surface area (Å²) in [7, 11) is 0. The number of fused-ring (bicyclic) bond motifs is 1. The van der Waals surface area contributed by atoms with Crippen molar-refractivity contribution in [3.05, 3.63) is 53.6 Å². The van der Waals surface area contributed by atoms with E-state index >= 15 is 0 Å². The molecule has 0 radical (unpaired) electrons. The summed E-state index contributed by atoms with van der Waals surface area (Å²) in [6, 6.07) is 12.6. The van der Waals surface area contributed by atoms with E-state index in [0.29, 0.717) is 17.9 Å². The normalized spacial score (nSPS) is 16.7. The number of phenols is 1. The number of hydrogen-bond donors (Lipinski definition) is 2. The van der Waals surface area contributed by atoms with Crippen LogP contribution in [0.5, 0.6) is 11.5 Å². The molecule has 0 spiro atoms. The van der Waals surface area contributed by atoms with E-state index in [4.69, 9.17) is 4.74 Å². The molecule has 0 aliphatic carbocycles. The number of anilines is 1. The Labute approximate surface area is 141 Å². The summed E-state index contributed by atoms with van der Waals surface area (Å²) < 4.78 is 5.87. The van der Waals surface area contributed by atoms with Crippen molar-refractivity contribution in [3.63, 3.8) is 0 Å². The van der Waals surface area contributed by atoms with Crippen LogP contribution in [0, 0.1) is 0 Å². The van der Waals surface area contributed by atoms with Crippen molar-refractivity contribution in [1.82, 2.24) is 0 Å². The fourth-order valence-corrected chi connectivity index (χ4v) is 3.08. The summed E-state index contributed by atoms with van der Waals surface area (Å²) in [6.45, 7) is 2.14. The highest BCUT2D eigenvalue weighted by atomic mass is 16.5. The predicted octanol–water partition coefficient (Wildman–Crippen LogP) is 2.28. The van der Waals surface area contributed by atoms with Crippen LogP contribution in [0.4, 0.5) is 5.69 Å². The number of rotatable bonds is 5. The number of nitrogens with zero attached hydrogens (tertiary/aromatic N) is 1. The van der Waals surface area contributed by atoms with E-state index in [9.17, 15) is 15.0 Å². The summed E-state index contributed by atoms with van der Waals surface area (Å²) >= 11 is 0. The Bertz CT molecular complexity index is 744. The first-order chi connectivity index (χ1) is 11.6. The van der Waals surface area contributed by atoms with Gasteiger partial charge in [-0.2, -0.15) is 0 Å². The zero-order chi connectivity index (χ0) is 17.1. The summed E-state index contributed by atoms with van der Waals surface area (Å²) in [5.41, 5.74) is 2.84. The van der Waals surface area contributed by atoms with Crippen molar-refractivity contribution in [2.45, 2.75) is 25.9 Å². The topological polar surface area (TPSA) is 70.0 Å². The number of phenolic OH excluding ortho intramolecular Hbond substituents is 1. The number of ether oxygens (including phenoxy) is 1. The highest BCUT2D eigenvalue weighted by Gasteiger charge is 2.34. The molecule has 24 heavy (non-hydrogen) atoms. The van der Waals surface area contributed by atoms with Gasteiger partial charge in [-0.25, -0.2) is 0 Å². The van der Waals surface area contributed by atoms with Gasteiger partial charge in [-0.3, -0.25) is 4.79 Å². The lowest BCUT2D eigenvalue weighted by atomic mass is 9.98. The molecular weight excluding hydrogens is 306 g/mol. The molecule has 0 aromatic heterocycles. The zero-order valence-corrected chi connectivity index (χ0v) is 13.6. The molecule has 1 heterocycles. The third-order valence-corrected chi connectivity index (χ3v) is 4.27. The van der Waals surface area contributed by atoms with E-state index in [2.05, 4.69) is 6.92 Å². The third kappa shape index (κ3) is 3.08. The molecule has 0 saturated heterocycles. The van der Waals surface area contributed by atoms with Crippen molar-refractivity contribution in [2.24, 2.45) is 0 Å². The van der Waals surface area contributed by atoms with Gasteiger partial charge in [0.1, 0.15) is 11.5 Å². The lowest BCUT2D eigenvalue weighted by Gasteiger charge is -2.34. The van der Waals surface area contributed by atoms with Crippen molar-refractivity contribution in [3.8, 4) is 11.5 Å². The molecule has 5 nitrogen and oxygen atoms in total. The molecule has 1 atom stereocenters. The van der Waals surface area contributed by atoms with Crippen LogP contribution in [0.3, 0.4) is 0 Å². The lowest BCUT2D eigenvalue weighted by Crippen LogP contribution is -2.48. The number of hydrogen-bond acceptors (Lipinski definition) is 4. The van der Waals surface area contributed by atoms with Crippen LogP contribution in [0.1, 0.15) is 18.1 Å². The molecule has 0 fully saturated rings. The van der Waals surface area contributed by atoms with Crippen LogP contribution in [0.2, 0.25) is 0 Å². The first-order valence-corrected chi connectivity index (χ1v) is 8.12. The highest BCUT2D eigenvalue weighted by Crippen LogP contribution is 2.37. The quantitative estimate of drug-likeness (QED) is 0.884. The molecule has 1 unspecified atom stereocenters. The van der Waals surface area contributed by atoms with Crippen molar-refractivity contribution >= 4 is 11.6 Å². The Morgan fingerprint density at radius 2 is 1.92 bits per heavy atom. The van der Waals surface area contributed by atoms with E-state index in [1.54, 1.807) is 6.07 Å². The molecule has 2 aromatic rings. The Balaban J connectivity index is 1.93. The van der Waals surface area contributed by atoms with E-state index in [-0.39, 0.29) is 24.8 Å². The molecule has 1 amide bonds. The number of benzene rings is 2. The molecule has 5 heteroatoms. The number of carbonyl (C=O) groups is 1. The first kappa shape index (κ1) is 16.3. The Hall–Kier alpha value is -2.53. The fourth-order valence-electron chi connectivity index (χ4n) is 3.08. The van der Waals surface area contributed by atoms with E-state index < -0.39 is 6.10 Å². The summed E-state index contributed by atoms with van der Waals surface area (Å²) in [4.78, 5) is 14.3. The number of aliphatic hydroxyl groups is 1. The second kappa shape index (κ2) is 6.93. The number of aryl methyl sites for hydroxylation is 1. The summed E-state index contributed by atoms with van der Waals surface area (Å²) in [6.07, 6.45) is 0.674. The van der Waals surface area contributed by atoms with Gasteiger partial charge in [-0.1, -0.05) is 31.2 Å². The Kier molecular flexibility index (Phi) is 4.71. The third-order valence-electron chi connectivity index (χ3n) is 4.27. The van der Waals surface area contributed by atoms with E-state index in [1.807, 2.05) is 24.3 Å². The van der Waals surface area contributed by atoms with Crippen molar-refractivity contribution < 1.29 is 19.7 Å². The Morgan fingerprint density at radius 3 is 2.62 bits per heavy atom. The largest absolute Gasteiger partial charge is 0.508 e. The molecule has 1 aliphatic rings. The predicted molar refractivity (Wildman–Crippen MR) is 91.5 cm³/mol. The van der Waals surface area contributed by atoms with Crippen molar-refractivity contribution in [1.29, 1.82) is 0 Å². The van der Waals surface area contributed by atoms with Crippen LogP contribution in [-0.2, 0) is 17.6 Å². The lowest BCUT2D eigenvalue weighted by molar-refractivity contribution is -0.126. The SMILES string of the molecule is CCc1ccccc1CC1Oc2cc(O)ccc2N(CCO)C1=O. The van der Waals surface area contributed by atoms with E-state index in [1.165, 1.54) is 22.6 Å². The molecule has 126 valence electrons. The molecule has 0 bridgehead atoms. The summed E-state index contributed by atoms with van der Waals surface area (Å²) in [5, 5.41) is 19.0.